The van der Waals surface area contributed by atoms with Crippen molar-refractivity contribution in [3.8, 4) is 17.2 Å². The average Bonchev–Trinajstić information content (AvgIpc) is 2.67. The normalized spacial score (nSPS) is 10.1. The van der Waals surface area contributed by atoms with Crippen molar-refractivity contribution in [1.29, 1.82) is 0 Å². The third-order valence-electron chi connectivity index (χ3n) is 1.74. The molecule has 0 aliphatic carbocycles. The van der Waals surface area contributed by atoms with E-state index in [-0.39, 0.29) is 11.6 Å². The van der Waals surface area contributed by atoms with E-state index in [1.165, 1.54) is 6.07 Å². The number of carboxylic acid groups (broad SMARTS) is 1. The summed E-state index contributed by atoms with van der Waals surface area (Å²) in [6.45, 7) is 0. The van der Waals surface area contributed by atoms with E-state index >= 15 is 0 Å². The van der Waals surface area contributed by atoms with Crippen molar-refractivity contribution in [2.24, 2.45) is 0 Å². The Bertz CT molecular complexity index is 506. The number of aromatic carboxylic acids is 1. The van der Waals surface area contributed by atoms with Gasteiger partial charge in [-0.2, -0.15) is 0 Å². The van der Waals surface area contributed by atoms with Gasteiger partial charge in [-0.05, 0) is 12.1 Å². The third kappa shape index (κ3) is 1.64. The molecule has 0 aliphatic heterocycles. The fraction of sp³-hybridized carbons (Fsp3) is 0. The van der Waals surface area contributed by atoms with Gasteiger partial charge in [0, 0.05) is 0 Å². The van der Waals surface area contributed by atoms with Gasteiger partial charge in [-0.3, -0.25) is 0 Å². The molecule has 0 radical (unpaired) electrons. The highest BCUT2D eigenvalue weighted by Gasteiger charge is 2.15. The van der Waals surface area contributed by atoms with Gasteiger partial charge in [-0.15, -0.1) is 10.2 Å². The molecule has 0 amide bonds. The SMILES string of the molecule is O=C(O)c1nnc(-c2ccccc2O)o1. The average molecular weight is 206 g/mol. The second kappa shape index (κ2) is 3.41. The summed E-state index contributed by atoms with van der Waals surface area (Å²) in [5, 5.41) is 24.8. The number of hydrogen-bond donors (Lipinski definition) is 2. The van der Waals surface area contributed by atoms with Gasteiger partial charge in [0.15, 0.2) is 0 Å². The van der Waals surface area contributed by atoms with Crippen molar-refractivity contribution in [3.05, 3.63) is 30.2 Å². The van der Waals surface area contributed by atoms with Gasteiger partial charge in [0.2, 0.25) is 0 Å². The number of benzene rings is 1. The zero-order chi connectivity index (χ0) is 10.8. The summed E-state index contributed by atoms with van der Waals surface area (Å²) < 4.78 is 4.83. The summed E-state index contributed by atoms with van der Waals surface area (Å²) in [5.74, 6) is -1.87. The molecular weight excluding hydrogens is 200 g/mol. The smallest absolute Gasteiger partial charge is 0.393 e. The summed E-state index contributed by atoms with van der Waals surface area (Å²) in [6.07, 6.45) is 0. The Morgan fingerprint density at radius 3 is 2.60 bits per heavy atom. The molecule has 1 aromatic carbocycles. The molecule has 2 aromatic rings. The van der Waals surface area contributed by atoms with E-state index in [2.05, 4.69) is 10.2 Å². The van der Waals surface area contributed by atoms with Crippen LogP contribution in [0.2, 0.25) is 0 Å². The topological polar surface area (TPSA) is 96.5 Å². The van der Waals surface area contributed by atoms with Crippen LogP contribution in [0.1, 0.15) is 10.7 Å². The second-order valence-corrected chi connectivity index (χ2v) is 2.73. The van der Waals surface area contributed by atoms with Crippen LogP contribution in [-0.2, 0) is 0 Å². The first-order valence-electron chi connectivity index (χ1n) is 4.03. The molecule has 2 rings (SSSR count). The molecule has 0 aliphatic rings. The Balaban J connectivity index is 2.46. The maximum absolute atomic E-state index is 10.5. The lowest BCUT2D eigenvalue weighted by molar-refractivity contribution is 0.0654. The second-order valence-electron chi connectivity index (χ2n) is 2.73. The van der Waals surface area contributed by atoms with E-state index in [0.29, 0.717) is 5.56 Å². The van der Waals surface area contributed by atoms with Gasteiger partial charge >= 0.3 is 11.9 Å². The van der Waals surface area contributed by atoms with Crippen LogP contribution < -0.4 is 0 Å². The summed E-state index contributed by atoms with van der Waals surface area (Å²) in [7, 11) is 0. The lowest BCUT2D eigenvalue weighted by Gasteiger charge is -1.96. The molecule has 1 heterocycles. The van der Waals surface area contributed by atoms with Crippen molar-refractivity contribution in [3.63, 3.8) is 0 Å². The number of phenolic OH excluding ortho intramolecular Hbond substituents is 1. The highest BCUT2D eigenvalue weighted by atomic mass is 16.4. The van der Waals surface area contributed by atoms with E-state index in [0.717, 1.165) is 0 Å². The number of aromatic hydroxyl groups is 1. The van der Waals surface area contributed by atoms with Gasteiger partial charge in [0.1, 0.15) is 5.75 Å². The molecule has 6 nitrogen and oxygen atoms in total. The Morgan fingerprint density at radius 1 is 1.27 bits per heavy atom. The number of nitrogens with zero attached hydrogens (tertiary/aromatic N) is 2. The Morgan fingerprint density at radius 2 is 2.00 bits per heavy atom. The maximum Gasteiger partial charge on any atom is 0.393 e. The molecule has 2 N–H and O–H groups in total. The largest absolute Gasteiger partial charge is 0.507 e. The summed E-state index contributed by atoms with van der Waals surface area (Å²) >= 11 is 0. The maximum atomic E-state index is 10.5. The van der Waals surface area contributed by atoms with Crippen molar-refractivity contribution < 1.29 is 19.4 Å². The summed E-state index contributed by atoms with van der Waals surface area (Å²) in [5.41, 5.74) is 0.303. The van der Waals surface area contributed by atoms with E-state index in [9.17, 15) is 9.90 Å². The molecule has 6 heteroatoms. The standard InChI is InChI=1S/C9H6N2O4/c12-6-4-2-1-3-5(6)7-10-11-8(15-7)9(13)14/h1-4,12H,(H,13,14). The number of para-hydroxylation sites is 1. The Hall–Kier alpha value is -2.37. The fourth-order valence-corrected chi connectivity index (χ4v) is 1.07. The molecule has 0 bridgehead atoms. The number of aromatic nitrogens is 2. The van der Waals surface area contributed by atoms with Gasteiger partial charge in [0.05, 0.1) is 5.56 Å². The molecule has 0 saturated carbocycles. The minimum Gasteiger partial charge on any atom is -0.507 e. The first kappa shape index (κ1) is 9.20. The molecular formula is C9H6N2O4. The fourth-order valence-electron chi connectivity index (χ4n) is 1.07. The number of hydrogen-bond acceptors (Lipinski definition) is 5. The zero-order valence-corrected chi connectivity index (χ0v) is 7.41. The highest BCUT2D eigenvalue weighted by Crippen LogP contribution is 2.26. The van der Waals surface area contributed by atoms with Crippen molar-refractivity contribution in [1.82, 2.24) is 10.2 Å². The predicted octanol–water partition coefficient (Wildman–Crippen LogP) is 1.14. The van der Waals surface area contributed by atoms with Crippen LogP contribution in [0.4, 0.5) is 0 Å². The van der Waals surface area contributed by atoms with E-state index in [1.54, 1.807) is 18.2 Å². The van der Waals surface area contributed by atoms with Crippen LogP contribution >= 0.6 is 0 Å². The molecule has 15 heavy (non-hydrogen) atoms. The number of rotatable bonds is 2. The van der Waals surface area contributed by atoms with Gasteiger partial charge in [-0.25, -0.2) is 4.79 Å². The molecule has 0 saturated heterocycles. The van der Waals surface area contributed by atoms with Crippen LogP contribution in [0.5, 0.6) is 5.75 Å². The molecule has 0 spiro atoms. The minimum atomic E-state index is -1.30. The van der Waals surface area contributed by atoms with E-state index < -0.39 is 11.9 Å². The quantitative estimate of drug-likeness (QED) is 0.764. The summed E-state index contributed by atoms with van der Waals surface area (Å²) in [4.78, 5) is 10.5. The van der Waals surface area contributed by atoms with Crippen LogP contribution in [0.15, 0.2) is 28.7 Å². The van der Waals surface area contributed by atoms with E-state index in [4.69, 9.17) is 9.52 Å². The molecule has 0 atom stereocenters. The Kier molecular flexibility index (Phi) is 2.09. The molecule has 1 aromatic heterocycles. The molecule has 0 unspecified atom stereocenters. The highest BCUT2D eigenvalue weighted by molar-refractivity contribution is 5.82. The Labute approximate surface area is 83.8 Å². The lowest BCUT2D eigenvalue weighted by atomic mass is 10.2. The van der Waals surface area contributed by atoms with Gasteiger partial charge < -0.3 is 14.6 Å². The minimum absolute atomic E-state index is 0.0227. The molecule has 0 fully saturated rings. The first-order chi connectivity index (χ1) is 7.18. The van der Waals surface area contributed by atoms with Crippen LogP contribution in [0.3, 0.4) is 0 Å². The van der Waals surface area contributed by atoms with Crippen LogP contribution in [0.25, 0.3) is 11.5 Å². The summed E-state index contributed by atoms with van der Waals surface area (Å²) in [6, 6.07) is 6.29. The monoisotopic (exact) mass is 206 g/mol. The third-order valence-corrected chi connectivity index (χ3v) is 1.74. The van der Waals surface area contributed by atoms with Gasteiger partial charge in [-0.1, -0.05) is 12.1 Å². The van der Waals surface area contributed by atoms with Crippen molar-refractivity contribution >= 4 is 5.97 Å². The zero-order valence-electron chi connectivity index (χ0n) is 7.41. The van der Waals surface area contributed by atoms with Gasteiger partial charge in [0.25, 0.3) is 5.89 Å². The predicted molar refractivity (Wildman–Crippen MR) is 48.4 cm³/mol. The first-order valence-corrected chi connectivity index (χ1v) is 4.03. The van der Waals surface area contributed by atoms with Crippen molar-refractivity contribution in [2.45, 2.75) is 0 Å². The van der Waals surface area contributed by atoms with Crippen molar-refractivity contribution in [2.75, 3.05) is 0 Å². The molecule has 76 valence electrons. The number of carbonyl (C=O) groups is 1. The lowest BCUT2D eigenvalue weighted by Crippen LogP contribution is -1.95. The van der Waals surface area contributed by atoms with Crippen LogP contribution in [-0.4, -0.2) is 26.4 Å². The number of phenols is 1. The number of carboxylic acids is 1. The van der Waals surface area contributed by atoms with Crippen LogP contribution in [0, 0.1) is 0 Å². The van der Waals surface area contributed by atoms with E-state index in [1.807, 2.05) is 0 Å².